The van der Waals surface area contributed by atoms with Crippen molar-refractivity contribution < 1.29 is 8.42 Å². The largest absolute Gasteiger partial charge is 0.356 e. The fourth-order valence-electron chi connectivity index (χ4n) is 4.08. The third-order valence-electron chi connectivity index (χ3n) is 6.03. The number of nitrogens with zero attached hydrogens (tertiary/aromatic N) is 4. The summed E-state index contributed by atoms with van der Waals surface area (Å²) in [5.41, 5.74) is 0.831. The summed E-state index contributed by atoms with van der Waals surface area (Å²) in [6.07, 6.45) is 7.18. The number of anilines is 1. The maximum atomic E-state index is 13.0. The van der Waals surface area contributed by atoms with Gasteiger partial charge in [0.2, 0.25) is 10.0 Å². The molecule has 0 aromatic carbocycles. The van der Waals surface area contributed by atoms with Gasteiger partial charge in [-0.15, -0.1) is 0 Å². The fourth-order valence-corrected chi connectivity index (χ4v) is 6.30. The van der Waals surface area contributed by atoms with Crippen LogP contribution < -0.4 is 10.2 Å². The minimum atomic E-state index is -3.18. The summed E-state index contributed by atoms with van der Waals surface area (Å²) < 4.78 is 27.8. The fraction of sp³-hybridized carbons (Fsp3) is 0.647. The Bertz CT molecular complexity index is 914. The van der Waals surface area contributed by atoms with Crippen LogP contribution >= 0.6 is 0 Å². The Morgan fingerprint density at radius 1 is 1.12 bits per heavy atom. The molecule has 0 unspecified atom stereocenters. The van der Waals surface area contributed by atoms with Crippen molar-refractivity contribution in [3.05, 3.63) is 18.6 Å². The van der Waals surface area contributed by atoms with E-state index in [4.69, 9.17) is 0 Å². The van der Waals surface area contributed by atoms with E-state index in [1.807, 2.05) is 23.6 Å². The molecule has 1 aliphatic heterocycles. The molecule has 2 saturated carbocycles. The number of hydrogen-bond donors (Lipinski definition) is 2. The first kappa shape index (κ1) is 16.5. The lowest BCUT2D eigenvalue weighted by Gasteiger charge is -2.47. The molecular formula is C17H24N6O2S. The van der Waals surface area contributed by atoms with E-state index in [1.54, 1.807) is 6.33 Å². The van der Waals surface area contributed by atoms with E-state index >= 15 is 0 Å². The Morgan fingerprint density at radius 2 is 1.88 bits per heavy atom. The first-order valence-electron chi connectivity index (χ1n) is 9.29. The first-order chi connectivity index (χ1) is 12.6. The standard InChI is InChI=1S/C17H24N6O2S/c1-22(17-15-4-5-19-16(15)20-10-21-17)12-6-13(7-12)23(11-2-3-11)26(24,25)14-8-18-9-14/h4-5,10-14,18H,2-3,6-9H2,1H3,(H,19,20,21). The molecule has 0 bridgehead atoms. The highest BCUT2D eigenvalue weighted by Gasteiger charge is 2.50. The van der Waals surface area contributed by atoms with Crippen LogP contribution in [0.3, 0.4) is 0 Å². The van der Waals surface area contributed by atoms with Crippen molar-refractivity contribution in [2.24, 2.45) is 0 Å². The molecule has 3 fully saturated rings. The smallest absolute Gasteiger partial charge is 0.220 e. The van der Waals surface area contributed by atoms with E-state index in [0.717, 1.165) is 42.5 Å². The molecule has 2 aromatic rings. The van der Waals surface area contributed by atoms with Crippen LogP contribution in [0.1, 0.15) is 25.7 Å². The van der Waals surface area contributed by atoms with Crippen LogP contribution in [-0.4, -0.2) is 71.2 Å². The second-order valence-corrected chi connectivity index (χ2v) is 9.83. The van der Waals surface area contributed by atoms with Gasteiger partial charge in [-0.25, -0.2) is 18.4 Å². The summed E-state index contributed by atoms with van der Waals surface area (Å²) in [7, 11) is -1.14. The molecule has 3 heterocycles. The monoisotopic (exact) mass is 376 g/mol. The molecule has 2 aromatic heterocycles. The van der Waals surface area contributed by atoms with E-state index in [0.29, 0.717) is 19.1 Å². The maximum absolute atomic E-state index is 13.0. The third kappa shape index (κ3) is 2.52. The second-order valence-electron chi connectivity index (χ2n) is 7.71. The zero-order valence-electron chi connectivity index (χ0n) is 14.8. The van der Waals surface area contributed by atoms with Crippen LogP contribution in [0.15, 0.2) is 18.6 Å². The number of nitrogens with one attached hydrogen (secondary N) is 2. The lowest BCUT2D eigenvalue weighted by Crippen LogP contribution is -2.62. The van der Waals surface area contributed by atoms with Crippen molar-refractivity contribution >= 4 is 26.9 Å². The molecule has 2 N–H and O–H groups in total. The van der Waals surface area contributed by atoms with Crippen molar-refractivity contribution in [3.63, 3.8) is 0 Å². The summed E-state index contributed by atoms with van der Waals surface area (Å²) in [6, 6.07) is 2.65. The van der Waals surface area contributed by atoms with Gasteiger partial charge in [0, 0.05) is 44.5 Å². The van der Waals surface area contributed by atoms with E-state index in [2.05, 4.69) is 25.2 Å². The predicted octanol–water partition coefficient (Wildman–Crippen LogP) is 0.691. The van der Waals surface area contributed by atoms with E-state index in [-0.39, 0.29) is 17.3 Å². The Hall–Kier alpha value is -1.71. The van der Waals surface area contributed by atoms with Crippen LogP contribution in [-0.2, 0) is 10.0 Å². The Balaban J connectivity index is 1.32. The van der Waals surface area contributed by atoms with Crippen molar-refractivity contribution in [3.8, 4) is 0 Å². The van der Waals surface area contributed by atoms with Crippen LogP contribution in [0.4, 0.5) is 5.82 Å². The molecule has 2 aliphatic carbocycles. The highest BCUT2D eigenvalue weighted by Crippen LogP contribution is 2.41. The molecule has 0 radical (unpaired) electrons. The normalized spacial score (nSPS) is 26.7. The molecule has 1 saturated heterocycles. The van der Waals surface area contributed by atoms with Crippen molar-refractivity contribution in [1.82, 2.24) is 24.6 Å². The minimum Gasteiger partial charge on any atom is -0.356 e. The molecule has 140 valence electrons. The van der Waals surface area contributed by atoms with Crippen LogP contribution in [0, 0.1) is 0 Å². The molecule has 26 heavy (non-hydrogen) atoms. The molecule has 0 atom stereocenters. The van der Waals surface area contributed by atoms with Gasteiger partial charge in [0.1, 0.15) is 23.0 Å². The summed E-state index contributed by atoms with van der Waals surface area (Å²) in [4.78, 5) is 14.0. The zero-order valence-corrected chi connectivity index (χ0v) is 15.6. The molecular weight excluding hydrogens is 352 g/mol. The first-order valence-corrected chi connectivity index (χ1v) is 10.8. The number of hydrogen-bond acceptors (Lipinski definition) is 6. The molecule has 0 spiro atoms. The Kier molecular flexibility index (Phi) is 3.74. The molecule has 0 amide bonds. The topological polar surface area (TPSA) is 94.2 Å². The predicted molar refractivity (Wildman–Crippen MR) is 99.5 cm³/mol. The van der Waals surface area contributed by atoms with Gasteiger partial charge >= 0.3 is 0 Å². The second kappa shape index (κ2) is 5.90. The average molecular weight is 376 g/mol. The number of rotatable bonds is 6. The summed E-state index contributed by atoms with van der Waals surface area (Å²) in [5, 5.41) is 3.86. The Morgan fingerprint density at radius 3 is 2.54 bits per heavy atom. The molecule has 9 heteroatoms. The van der Waals surface area contributed by atoms with Crippen molar-refractivity contribution in [1.29, 1.82) is 0 Å². The minimum absolute atomic E-state index is 0.129. The summed E-state index contributed by atoms with van der Waals surface area (Å²) in [5.74, 6) is 0.906. The number of aromatic nitrogens is 3. The SMILES string of the molecule is CN(c1ncnc2[nH]ccc12)C1CC(N(C2CC2)S(=O)(=O)C2CNC2)C1. The van der Waals surface area contributed by atoms with Gasteiger partial charge in [-0.2, -0.15) is 4.31 Å². The van der Waals surface area contributed by atoms with Gasteiger partial charge in [-0.05, 0) is 31.7 Å². The van der Waals surface area contributed by atoms with Crippen molar-refractivity contribution in [2.75, 3.05) is 25.0 Å². The summed E-state index contributed by atoms with van der Waals surface area (Å²) in [6.45, 7) is 1.18. The lowest BCUT2D eigenvalue weighted by atomic mass is 9.85. The van der Waals surface area contributed by atoms with E-state index < -0.39 is 10.0 Å². The van der Waals surface area contributed by atoms with Gasteiger partial charge in [-0.3, -0.25) is 0 Å². The molecule has 3 aliphatic rings. The van der Waals surface area contributed by atoms with Crippen LogP contribution in [0.5, 0.6) is 0 Å². The number of fused-ring (bicyclic) bond motifs is 1. The van der Waals surface area contributed by atoms with Crippen molar-refractivity contribution in [2.45, 2.75) is 49.1 Å². The number of H-pyrrole nitrogens is 1. The average Bonchev–Trinajstić information content (AvgIpc) is 3.21. The van der Waals surface area contributed by atoms with Gasteiger partial charge in [0.15, 0.2) is 0 Å². The van der Waals surface area contributed by atoms with E-state index in [9.17, 15) is 8.42 Å². The summed E-state index contributed by atoms with van der Waals surface area (Å²) >= 11 is 0. The quantitative estimate of drug-likeness (QED) is 0.770. The third-order valence-corrected chi connectivity index (χ3v) is 8.39. The van der Waals surface area contributed by atoms with Gasteiger partial charge in [0.25, 0.3) is 0 Å². The highest BCUT2D eigenvalue weighted by atomic mass is 32.2. The number of sulfonamides is 1. The highest BCUT2D eigenvalue weighted by molar-refractivity contribution is 7.89. The van der Waals surface area contributed by atoms with Gasteiger partial charge < -0.3 is 15.2 Å². The maximum Gasteiger partial charge on any atom is 0.220 e. The van der Waals surface area contributed by atoms with Gasteiger partial charge in [-0.1, -0.05) is 0 Å². The molecule has 5 rings (SSSR count). The molecule has 8 nitrogen and oxygen atoms in total. The van der Waals surface area contributed by atoms with Crippen LogP contribution in [0.2, 0.25) is 0 Å². The Labute approximate surface area is 153 Å². The van der Waals surface area contributed by atoms with E-state index in [1.165, 1.54) is 0 Å². The number of aromatic amines is 1. The zero-order chi connectivity index (χ0) is 17.9. The lowest BCUT2D eigenvalue weighted by molar-refractivity contribution is 0.179. The van der Waals surface area contributed by atoms with Gasteiger partial charge in [0.05, 0.1) is 5.39 Å². The van der Waals surface area contributed by atoms with Crippen LogP contribution in [0.25, 0.3) is 11.0 Å².